The van der Waals surface area contributed by atoms with Crippen LogP contribution < -0.4 is 16.2 Å². The van der Waals surface area contributed by atoms with E-state index in [0.29, 0.717) is 6.04 Å². The number of nitrogens with zero attached hydrogens (tertiary/aromatic N) is 1. The molecule has 3 aromatic rings. The standard InChI is InChI=1S/C29H38N4O/c34-28-18-17-21-24(15-10-16-25(21)33-28)30-19-8-2-1-3-9-20-31-29-22-11-4-6-13-26(22)32-27-14-7-5-12-23(27)29/h4,6,11,13,17-18,24,30H,1-3,5,7-10,12,14-16,19-20H2,(H,31,32)(H,33,34)/t24-/m1/s1. The van der Waals surface area contributed by atoms with Gasteiger partial charge >= 0.3 is 0 Å². The summed E-state index contributed by atoms with van der Waals surface area (Å²) in [7, 11) is 0. The van der Waals surface area contributed by atoms with E-state index in [4.69, 9.17) is 4.98 Å². The number of rotatable bonds is 10. The third-order valence-corrected chi connectivity index (χ3v) is 7.55. The van der Waals surface area contributed by atoms with Crippen LogP contribution >= 0.6 is 0 Å². The molecule has 3 N–H and O–H groups in total. The largest absolute Gasteiger partial charge is 0.384 e. The molecule has 0 spiro atoms. The van der Waals surface area contributed by atoms with Crippen LogP contribution in [0.2, 0.25) is 0 Å². The summed E-state index contributed by atoms with van der Waals surface area (Å²) in [6.45, 7) is 2.09. The Hall–Kier alpha value is -2.66. The number of benzene rings is 1. The van der Waals surface area contributed by atoms with E-state index < -0.39 is 0 Å². The zero-order chi connectivity index (χ0) is 23.2. The van der Waals surface area contributed by atoms with Gasteiger partial charge in [0.2, 0.25) is 5.56 Å². The number of aryl methyl sites for hydroxylation is 2. The van der Waals surface area contributed by atoms with Crippen LogP contribution in [-0.2, 0) is 19.3 Å². The highest BCUT2D eigenvalue weighted by Crippen LogP contribution is 2.33. The highest BCUT2D eigenvalue weighted by Gasteiger charge is 2.20. The first-order valence-corrected chi connectivity index (χ1v) is 13.4. The second kappa shape index (κ2) is 11.2. The van der Waals surface area contributed by atoms with Gasteiger partial charge in [0.25, 0.3) is 0 Å². The molecule has 0 amide bonds. The summed E-state index contributed by atoms with van der Waals surface area (Å²) in [4.78, 5) is 19.5. The Kier molecular flexibility index (Phi) is 7.59. The van der Waals surface area contributed by atoms with E-state index in [2.05, 4.69) is 39.9 Å². The number of para-hydroxylation sites is 1. The van der Waals surface area contributed by atoms with Crippen molar-refractivity contribution in [3.63, 3.8) is 0 Å². The molecular formula is C29H38N4O. The lowest BCUT2D eigenvalue weighted by Gasteiger charge is -2.26. The van der Waals surface area contributed by atoms with Crippen molar-refractivity contribution in [1.29, 1.82) is 0 Å². The first kappa shape index (κ1) is 23.1. The number of pyridine rings is 2. The number of aromatic nitrogens is 2. The van der Waals surface area contributed by atoms with Gasteiger partial charge < -0.3 is 15.6 Å². The van der Waals surface area contributed by atoms with Gasteiger partial charge in [-0.2, -0.15) is 0 Å². The van der Waals surface area contributed by atoms with Gasteiger partial charge in [0.15, 0.2) is 0 Å². The molecule has 0 fully saturated rings. The summed E-state index contributed by atoms with van der Waals surface area (Å²) in [5.74, 6) is 0. The maximum atomic E-state index is 11.6. The molecule has 2 aliphatic carbocycles. The van der Waals surface area contributed by atoms with Gasteiger partial charge in [-0.1, -0.05) is 43.5 Å². The van der Waals surface area contributed by atoms with Crippen molar-refractivity contribution in [2.75, 3.05) is 18.4 Å². The van der Waals surface area contributed by atoms with Crippen molar-refractivity contribution in [3.8, 4) is 0 Å². The molecule has 2 aliphatic rings. The van der Waals surface area contributed by atoms with Crippen molar-refractivity contribution < 1.29 is 0 Å². The summed E-state index contributed by atoms with van der Waals surface area (Å²) in [5, 5.41) is 8.80. The van der Waals surface area contributed by atoms with Crippen LogP contribution in [0.3, 0.4) is 0 Å². The number of aromatic amines is 1. The fraction of sp³-hybridized carbons (Fsp3) is 0.517. The number of fused-ring (bicyclic) bond motifs is 3. The van der Waals surface area contributed by atoms with Crippen LogP contribution in [0.25, 0.3) is 10.9 Å². The van der Waals surface area contributed by atoms with Crippen molar-refractivity contribution >= 4 is 16.6 Å². The average Bonchev–Trinajstić information content (AvgIpc) is 2.87. The molecule has 180 valence electrons. The molecule has 0 aliphatic heterocycles. The van der Waals surface area contributed by atoms with Gasteiger partial charge in [-0.3, -0.25) is 9.78 Å². The molecule has 0 saturated carbocycles. The third kappa shape index (κ3) is 5.35. The number of hydrogen-bond donors (Lipinski definition) is 3. The van der Waals surface area contributed by atoms with E-state index in [9.17, 15) is 4.79 Å². The lowest BCUT2D eigenvalue weighted by Crippen LogP contribution is -2.28. The summed E-state index contributed by atoms with van der Waals surface area (Å²) in [6, 6.07) is 12.7. The van der Waals surface area contributed by atoms with E-state index in [1.165, 1.54) is 72.8 Å². The molecule has 34 heavy (non-hydrogen) atoms. The number of H-pyrrole nitrogens is 1. The van der Waals surface area contributed by atoms with Gasteiger partial charge in [0, 0.05) is 41.1 Å². The molecule has 2 heterocycles. The third-order valence-electron chi connectivity index (χ3n) is 7.55. The Balaban J connectivity index is 1.03. The van der Waals surface area contributed by atoms with E-state index >= 15 is 0 Å². The van der Waals surface area contributed by atoms with E-state index in [1.807, 2.05) is 6.07 Å². The Bertz CT molecular complexity index is 1170. The monoisotopic (exact) mass is 458 g/mol. The fourth-order valence-corrected chi connectivity index (χ4v) is 5.76. The van der Waals surface area contributed by atoms with Gasteiger partial charge in [0.05, 0.1) is 5.52 Å². The molecule has 5 rings (SSSR count). The summed E-state index contributed by atoms with van der Waals surface area (Å²) >= 11 is 0. The summed E-state index contributed by atoms with van der Waals surface area (Å²) < 4.78 is 0. The number of anilines is 1. The molecule has 0 radical (unpaired) electrons. The Morgan fingerprint density at radius 3 is 2.65 bits per heavy atom. The molecule has 5 nitrogen and oxygen atoms in total. The highest BCUT2D eigenvalue weighted by molar-refractivity contribution is 5.93. The maximum absolute atomic E-state index is 11.6. The van der Waals surface area contributed by atoms with E-state index in [0.717, 1.165) is 56.4 Å². The molecule has 0 bridgehead atoms. The number of hydrogen-bond acceptors (Lipinski definition) is 4. The lowest BCUT2D eigenvalue weighted by molar-refractivity contribution is 0.443. The van der Waals surface area contributed by atoms with E-state index in [-0.39, 0.29) is 5.56 Å². The van der Waals surface area contributed by atoms with Crippen LogP contribution in [-0.4, -0.2) is 23.1 Å². The summed E-state index contributed by atoms with van der Waals surface area (Å²) in [5.41, 5.74) is 7.70. The minimum absolute atomic E-state index is 0.0193. The Morgan fingerprint density at radius 1 is 0.882 bits per heavy atom. The van der Waals surface area contributed by atoms with Crippen LogP contribution in [0.4, 0.5) is 5.69 Å². The predicted molar refractivity (Wildman–Crippen MR) is 141 cm³/mol. The van der Waals surface area contributed by atoms with Crippen LogP contribution in [0, 0.1) is 0 Å². The molecular weight excluding hydrogens is 420 g/mol. The number of unbranched alkanes of at least 4 members (excludes halogenated alkanes) is 4. The molecule has 1 atom stereocenters. The van der Waals surface area contributed by atoms with Crippen molar-refractivity contribution in [2.24, 2.45) is 0 Å². The van der Waals surface area contributed by atoms with Gasteiger partial charge in [-0.25, -0.2) is 0 Å². The topological polar surface area (TPSA) is 69.8 Å². The molecule has 0 saturated heterocycles. The smallest absolute Gasteiger partial charge is 0.248 e. The fourth-order valence-electron chi connectivity index (χ4n) is 5.76. The van der Waals surface area contributed by atoms with Crippen LogP contribution in [0.15, 0.2) is 41.2 Å². The van der Waals surface area contributed by atoms with Gasteiger partial charge in [-0.15, -0.1) is 0 Å². The SMILES string of the molecule is O=c1ccc2c([nH]1)CCC[C@H]2NCCCCCCCNc1c2c(nc3ccccc13)CCCC2. The predicted octanol–water partition coefficient (Wildman–Crippen LogP) is 5.83. The lowest BCUT2D eigenvalue weighted by atomic mass is 9.91. The molecule has 0 unspecified atom stereocenters. The number of nitrogens with one attached hydrogen (secondary N) is 3. The van der Waals surface area contributed by atoms with Gasteiger partial charge in [0.1, 0.15) is 0 Å². The van der Waals surface area contributed by atoms with Crippen LogP contribution in [0.1, 0.15) is 86.3 Å². The van der Waals surface area contributed by atoms with Crippen molar-refractivity contribution in [2.45, 2.75) is 83.1 Å². The zero-order valence-electron chi connectivity index (χ0n) is 20.3. The Labute approximate surface area is 202 Å². The second-order valence-electron chi connectivity index (χ2n) is 9.99. The minimum atomic E-state index is 0.0193. The molecule has 2 aromatic heterocycles. The van der Waals surface area contributed by atoms with Crippen LogP contribution in [0.5, 0.6) is 0 Å². The zero-order valence-corrected chi connectivity index (χ0v) is 20.3. The maximum Gasteiger partial charge on any atom is 0.248 e. The normalized spacial score (nSPS) is 17.4. The first-order valence-electron chi connectivity index (χ1n) is 13.4. The quantitative estimate of drug-likeness (QED) is 0.334. The minimum Gasteiger partial charge on any atom is -0.384 e. The summed E-state index contributed by atoms with van der Waals surface area (Å²) in [6.07, 6.45) is 14.4. The molecule has 1 aromatic carbocycles. The average molecular weight is 459 g/mol. The second-order valence-corrected chi connectivity index (χ2v) is 9.99. The highest BCUT2D eigenvalue weighted by atomic mass is 16.1. The van der Waals surface area contributed by atoms with Crippen molar-refractivity contribution in [1.82, 2.24) is 15.3 Å². The molecule has 5 heteroatoms. The van der Waals surface area contributed by atoms with Gasteiger partial charge in [-0.05, 0) is 81.5 Å². The van der Waals surface area contributed by atoms with E-state index in [1.54, 1.807) is 6.07 Å². The first-order chi connectivity index (χ1) is 16.8. The Morgan fingerprint density at radius 2 is 1.71 bits per heavy atom. The van der Waals surface area contributed by atoms with Crippen molar-refractivity contribution in [3.05, 3.63) is 69.3 Å².